The second-order valence-corrected chi connectivity index (χ2v) is 12.8. The number of rotatable bonds is 6. The lowest BCUT2D eigenvalue weighted by Gasteiger charge is -2.19. The zero-order valence-electron chi connectivity index (χ0n) is 27.4. The van der Waals surface area contributed by atoms with E-state index in [0.29, 0.717) is 12.0 Å². The topological polar surface area (TPSA) is 66.4 Å². The second kappa shape index (κ2) is 14.2. The van der Waals surface area contributed by atoms with Crippen molar-refractivity contribution < 1.29 is 14.7 Å². The standard InChI is InChI=1S/C33H35NO.C8H8O2/c1-22-19-23(2)32(24(3)20-22)28-13-17-30(18-14-28)34-31(35)21-25-7-9-26(10-8-25)27-11-15-29(16-12-27)33(4,5)6;1-6-2-4-7(5-3-6)8(9)10/h7-20H,21H2,1-6H3,(H,34,35);2-5H,1H3,(H,9,10). The molecule has 0 aliphatic carbocycles. The van der Waals surface area contributed by atoms with Crippen molar-refractivity contribution in [2.75, 3.05) is 5.32 Å². The molecule has 2 N–H and O–H groups in total. The maximum Gasteiger partial charge on any atom is 0.335 e. The fourth-order valence-electron chi connectivity index (χ4n) is 5.42. The Bertz CT molecular complexity index is 1740. The van der Waals surface area contributed by atoms with E-state index < -0.39 is 5.97 Å². The number of anilines is 1. The van der Waals surface area contributed by atoms with Gasteiger partial charge in [-0.2, -0.15) is 0 Å². The van der Waals surface area contributed by atoms with Gasteiger partial charge in [0.1, 0.15) is 0 Å². The number of carbonyl (C=O) groups is 2. The minimum Gasteiger partial charge on any atom is -0.478 e. The highest BCUT2D eigenvalue weighted by Crippen LogP contribution is 2.30. The summed E-state index contributed by atoms with van der Waals surface area (Å²) in [5.41, 5.74) is 13.3. The first kappa shape index (κ1) is 32.9. The van der Waals surface area contributed by atoms with E-state index in [1.165, 1.54) is 38.9 Å². The lowest BCUT2D eigenvalue weighted by molar-refractivity contribution is -0.115. The van der Waals surface area contributed by atoms with E-state index in [-0.39, 0.29) is 11.3 Å². The summed E-state index contributed by atoms with van der Waals surface area (Å²) in [6.45, 7) is 15.0. The molecule has 0 bridgehead atoms. The van der Waals surface area contributed by atoms with Gasteiger partial charge in [-0.1, -0.05) is 117 Å². The van der Waals surface area contributed by atoms with Crippen molar-refractivity contribution in [2.24, 2.45) is 0 Å². The average molecular weight is 598 g/mol. The monoisotopic (exact) mass is 597 g/mol. The summed E-state index contributed by atoms with van der Waals surface area (Å²) in [6.07, 6.45) is 0.348. The third-order valence-electron chi connectivity index (χ3n) is 7.84. The highest BCUT2D eigenvalue weighted by molar-refractivity contribution is 5.92. The first-order valence-corrected chi connectivity index (χ1v) is 15.3. The Hall–Kier alpha value is -4.96. The van der Waals surface area contributed by atoms with E-state index in [0.717, 1.165) is 22.4 Å². The summed E-state index contributed by atoms with van der Waals surface area (Å²) in [5, 5.41) is 11.5. The van der Waals surface area contributed by atoms with Crippen LogP contribution in [-0.4, -0.2) is 17.0 Å². The van der Waals surface area contributed by atoms with Gasteiger partial charge in [-0.25, -0.2) is 4.79 Å². The van der Waals surface area contributed by atoms with Crippen LogP contribution in [0.25, 0.3) is 22.3 Å². The fraction of sp³-hybridized carbons (Fsp3) is 0.220. The molecule has 4 nitrogen and oxygen atoms in total. The fourth-order valence-corrected chi connectivity index (χ4v) is 5.42. The first-order valence-electron chi connectivity index (χ1n) is 15.3. The number of carbonyl (C=O) groups excluding carboxylic acids is 1. The van der Waals surface area contributed by atoms with Crippen LogP contribution in [0.2, 0.25) is 0 Å². The van der Waals surface area contributed by atoms with Crippen molar-refractivity contribution in [1.82, 2.24) is 0 Å². The minimum atomic E-state index is -0.875. The van der Waals surface area contributed by atoms with E-state index in [2.05, 4.69) is 108 Å². The Labute approximate surface area is 267 Å². The van der Waals surface area contributed by atoms with Crippen molar-refractivity contribution in [3.05, 3.63) is 148 Å². The molecule has 5 aromatic rings. The quantitative estimate of drug-likeness (QED) is 0.205. The van der Waals surface area contributed by atoms with Gasteiger partial charge >= 0.3 is 5.97 Å². The van der Waals surface area contributed by atoms with E-state index in [1.807, 2.05) is 31.2 Å². The largest absolute Gasteiger partial charge is 0.478 e. The number of amides is 1. The molecule has 0 saturated heterocycles. The molecule has 0 aliphatic rings. The van der Waals surface area contributed by atoms with Crippen LogP contribution in [0.5, 0.6) is 0 Å². The van der Waals surface area contributed by atoms with Crippen molar-refractivity contribution in [1.29, 1.82) is 0 Å². The molecule has 4 heteroatoms. The maximum absolute atomic E-state index is 12.7. The average Bonchev–Trinajstić information content (AvgIpc) is 2.98. The molecular weight excluding hydrogens is 554 g/mol. The molecule has 0 saturated carbocycles. The van der Waals surface area contributed by atoms with E-state index >= 15 is 0 Å². The van der Waals surface area contributed by atoms with Gasteiger partial charge in [0.25, 0.3) is 0 Å². The van der Waals surface area contributed by atoms with Crippen LogP contribution in [-0.2, 0) is 16.6 Å². The molecule has 0 aliphatic heterocycles. The molecule has 230 valence electrons. The predicted octanol–water partition coefficient (Wildman–Crippen LogP) is 10.1. The predicted molar refractivity (Wildman–Crippen MR) is 187 cm³/mol. The van der Waals surface area contributed by atoms with E-state index in [1.54, 1.807) is 24.3 Å². The van der Waals surface area contributed by atoms with Crippen LogP contribution in [0, 0.1) is 27.7 Å². The van der Waals surface area contributed by atoms with Gasteiger partial charge < -0.3 is 10.4 Å². The number of aryl methyl sites for hydroxylation is 4. The summed E-state index contributed by atoms with van der Waals surface area (Å²) < 4.78 is 0. The summed E-state index contributed by atoms with van der Waals surface area (Å²) in [4.78, 5) is 23.0. The highest BCUT2D eigenvalue weighted by Gasteiger charge is 2.13. The summed E-state index contributed by atoms with van der Waals surface area (Å²) >= 11 is 0. The first-order chi connectivity index (χ1) is 21.3. The van der Waals surface area contributed by atoms with E-state index in [9.17, 15) is 9.59 Å². The SMILES string of the molecule is Cc1cc(C)c(-c2ccc(NC(=O)Cc3ccc(-c4ccc(C(C)(C)C)cc4)cc3)cc2)c(C)c1.Cc1ccc(C(=O)O)cc1. The Morgan fingerprint density at radius 1 is 0.622 bits per heavy atom. The molecule has 0 aromatic heterocycles. The van der Waals surface area contributed by atoms with Crippen molar-refractivity contribution in [3.63, 3.8) is 0 Å². The van der Waals surface area contributed by atoms with E-state index in [4.69, 9.17) is 5.11 Å². The third-order valence-corrected chi connectivity index (χ3v) is 7.84. The van der Waals surface area contributed by atoms with Gasteiger partial charge in [-0.3, -0.25) is 4.79 Å². The molecule has 0 spiro atoms. The van der Waals surface area contributed by atoms with Crippen LogP contribution >= 0.6 is 0 Å². The van der Waals surface area contributed by atoms with Gasteiger partial charge in [0.05, 0.1) is 12.0 Å². The van der Waals surface area contributed by atoms with Gasteiger partial charge in [-0.15, -0.1) is 0 Å². The highest BCUT2D eigenvalue weighted by atomic mass is 16.4. The Morgan fingerprint density at radius 2 is 1.11 bits per heavy atom. The van der Waals surface area contributed by atoms with Crippen LogP contribution < -0.4 is 5.32 Å². The van der Waals surface area contributed by atoms with Crippen LogP contribution in [0.4, 0.5) is 5.69 Å². The smallest absolute Gasteiger partial charge is 0.335 e. The molecule has 0 atom stereocenters. The molecule has 45 heavy (non-hydrogen) atoms. The number of nitrogens with one attached hydrogen (secondary N) is 1. The molecule has 0 heterocycles. The molecule has 0 unspecified atom stereocenters. The lowest BCUT2D eigenvalue weighted by atomic mass is 9.86. The molecule has 0 radical (unpaired) electrons. The number of benzene rings is 5. The molecule has 5 rings (SSSR count). The third kappa shape index (κ3) is 9.02. The number of hydrogen-bond acceptors (Lipinski definition) is 2. The van der Waals surface area contributed by atoms with Crippen LogP contribution in [0.15, 0.2) is 109 Å². The summed E-state index contributed by atoms with van der Waals surface area (Å²) in [5.74, 6) is -0.886. The normalized spacial score (nSPS) is 10.9. The van der Waals surface area contributed by atoms with Crippen molar-refractivity contribution >= 4 is 17.6 Å². The number of hydrogen-bond donors (Lipinski definition) is 2. The van der Waals surface area contributed by atoms with Crippen molar-refractivity contribution in [2.45, 2.75) is 60.3 Å². The Morgan fingerprint density at radius 3 is 1.60 bits per heavy atom. The summed E-state index contributed by atoms with van der Waals surface area (Å²) in [6, 6.07) is 36.3. The van der Waals surface area contributed by atoms with Crippen LogP contribution in [0.1, 0.15) is 64.5 Å². The molecule has 1 amide bonds. The van der Waals surface area contributed by atoms with Crippen LogP contribution in [0.3, 0.4) is 0 Å². The summed E-state index contributed by atoms with van der Waals surface area (Å²) in [7, 11) is 0. The zero-order chi connectivity index (χ0) is 32.7. The number of carboxylic acids is 1. The van der Waals surface area contributed by atoms with Gasteiger partial charge in [0.2, 0.25) is 5.91 Å². The molecule has 5 aromatic carbocycles. The second-order valence-electron chi connectivity index (χ2n) is 12.8. The molecular formula is C41H43NO3. The zero-order valence-corrected chi connectivity index (χ0v) is 27.4. The Balaban J connectivity index is 0.000000392. The Kier molecular flexibility index (Phi) is 10.4. The minimum absolute atomic E-state index is 0.0114. The maximum atomic E-state index is 12.7. The van der Waals surface area contributed by atoms with Gasteiger partial charge in [0, 0.05) is 5.69 Å². The van der Waals surface area contributed by atoms with Gasteiger partial charge in [-0.05, 0) is 102 Å². The van der Waals surface area contributed by atoms with Crippen molar-refractivity contribution in [3.8, 4) is 22.3 Å². The lowest BCUT2D eigenvalue weighted by Crippen LogP contribution is -2.14. The molecule has 0 fully saturated rings. The van der Waals surface area contributed by atoms with Gasteiger partial charge in [0.15, 0.2) is 0 Å². The number of aromatic carboxylic acids is 1. The number of carboxylic acid groups (broad SMARTS) is 1.